The molecule has 5 unspecified atom stereocenters. The molecular formula is C12H18O2. The number of fused-ring (bicyclic) bond motifs is 1. The van der Waals surface area contributed by atoms with Gasteiger partial charge in [0.1, 0.15) is 6.10 Å². The maximum absolute atomic E-state index is 11.5. The van der Waals surface area contributed by atoms with E-state index < -0.39 is 0 Å². The van der Waals surface area contributed by atoms with Gasteiger partial charge in [0.15, 0.2) is 0 Å². The first-order valence-corrected chi connectivity index (χ1v) is 6.01. The highest BCUT2D eigenvalue weighted by Crippen LogP contribution is 2.58. The third-order valence-corrected chi connectivity index (χ3v) is 4.54. The van der Waals surface area contributed by atoms with Crippen molar-refractivity contribution in [3.8, 4) is 0 Å². The molecule has 0 N–H and O–H groups in total. The predicted octanol–water partition coefficient (Wildman–Crippen LogP) is 2.37. The second-order valence-electron chi connectivity index (χ2n) is 5.21. The zero-order valence-corrected chi connectivity index (χ0v) is 8.74. The summed E-state index contributed by atoms with van der Waals surface area (Å²) < 4.78 is 5.51. The van der Waals surface area contributed by atoms with E-state index in [2.05, 4.69) is 6.92 Å². The van der Waals surface area contributed by atoms with Crippen LogP contribution in [0.3, 0.4) is 0 Å². The maximum atomic E-state index is 11.5. The topological polar surface area (TPSA) is 26.3 Å². The molecule has 78 valence electrons. The van der Waals surface area contributed by atoms with Crippen LogP contribution in [-0.4, -0.2) is 12.1 Å². The Kier molecular flexibility index (Phi) is 1.86. The summed E-state index contributed by atoms with van der Waals surface area (Å²) in [6.45, 7) is 2.23. The van der Waals surface area contributed by atoms with Gasteiger partial charge in [0, 0.05) is 5.92 Å². The molecule has 1 saturated heterocycles. The van der Waals surface area contributed by atoms with Gasteiger partial charge in [-0.1, -0.05) is 19.8 Å². The summed E-state index contributed by atoms with van der Waals surface area (Å²) in [6, 6.07) is 0. The van der Waals surface area contributed by atoms with Crippen LogP contribution >= 0.6 is 0 Å². The third kappa shape index (κ3) is 0.999. The molecule has 0 amide bonds. The molecule has 0 aromatic carbocycles. The number of hydrogen-bond donors (Lipinski definition) is 0. The zero-order valence-electron chi connectivity index (χ0n) is 8.74. The minimum Gasteiger partial charge on any atom is -0.462 e. The van der Waals surface area contributed by atoms with Gasteiger partial charge in [0.25, 0.3) is 0 Å². The van der Waals surface area contributed by atoms with E-state index >= 15 is 0 Å². The lowest BCUT2D eigenvalue weighted by Crippen LogP contribution is -2.26. The van der Waals surface area contributed by atoms with Crippen LogP contribution in [-0.2, 0) is 9.53 Å². The zero-order chi connectivity index (χ0) is 9.71. The number of esters is 1. The van der Waals surface area contributed by atoms with E-state index in [1.165, 1.54) is 25.7 Å². The summed E-state index contributed by atoms with van der Waals surface area (Å²) in [5.41, 5.74) is 0. The average molecular weight is 194 g/mol. The van der Waals surface area contributed by atoms with Gasteiger partial charge >= 0.3 is 5.97 Å². The van der Waals surface area contributed by atoms with E-state index in [9.17, 15) is 4.79 Å². The van der Waals surface area contributed by atoms with Crippen molar-refractivity contribution < 1.29 is 9.53 Å². The first-order valence-electron chi connectivity index (χ1n) is 6.01. The Morgan fingerprint density at radius 1 is 1.43 bits per heavy atom. The summed E-state index contributed by atoms with van der Waals surface area (Å²) in [6.07, 6.45) is 6.56. The smallest absolute Gasteiger partial charge is 0.309 e. The van der Waals surface area contributed by atoms with Gasteiger partial charge in [-0.2, -0.15) is 0 Å². The Hall–Kier alpha value is -0.530. The normalized spacial score (nSPS) is 48.6. The van der Waals surface area contributed by atoms with Crippen LogP contribution in [0.5, 0.6) is 0 Å². The highest BCUT2D eigenvalue weighted by Gasteiger charge is 2.60. The molecule has 3 rings (SSSR count). The van der Waals surface area contributed by atoms with Gasteiger partial charge in [0.2, 0.25) is 0 Å². The van der Waals surface area contributed by atoms with Crippen molar-refractivity contribution in [3.63, 3.8) is 0 Å². The molecule has 1 aliphatic heterocycles. The number of carbonyl (C=O) groups is 1. The molecule has 2 aliphatic carbocycles. The highest BCUT2D eigenvalue weighted by molar-refractivity contribution is 5.76. The standard InChI is InChI=1S/C12H18O2/c1-2-3-4-8-7-5-9-10(6-7)12(13)14-11(8)9/h7-11H,2-6H2,1H3. The molecule has 0 aromatic heterocycles. The molecule has 5 atom stereocenters. The second kappa shape index (κ2) is 2.98. The van der Waals surface area contributed by atoms with Crippen molar-refractivity contribution in [1.82, 2.24) is 0 Å². The minimum atomic E-state index is 0.112. The Labute approximate surface area is 85.0 Å². The molecule has 2 saturated carbocycles. The lowest BCUT2D eigenvalue weighted by atomic mass is 9.80. The van der Waals surface area contributed by atoms with Crippen LogP contribution in [0.2, 0.25) is 0 Å². The van der Waals surface area contributed by atoms with E-state index in [4.69, 9.17) is 4.74 Å². The Bertz CT molecular complexity index is 261. The summed E-state index contributed by atoms with van der Waals surface area (Å²) >= 11 is 0. The number of rotatable bonds is 3. The summed E-state index contributed by atoms with van der Waals surface area (Å²) in [7, 11) is 0. The summed E-state index contributed by atoms with van der Waals surface area (Å²) in [4.78, 5) is 11.5. The molecule has 0 spiro atoms. The van der Waals surface area contributed by atoms with E-state index in [1.807, 2.05) is 0 Å². The number of unbranched alkanes of at least 4 members (excludes halogenated alkanes) is 1. The summed E-state index contributed by atoms with van der Waals surface area (Å²) in [5.74, 6) is 2.54. The summed E-state index contributed by atoms with van der Waals surface area (Å²) in [5, 5.41) is 0. The van der Waals surface area contributed by atoms with Crippen LogP contribution in [0.25, 0.3) is 0 Å². The number of hydrogen-bond acceptors (Lipinski definition) is 2. The van der Waals surface area contributed by atoms with Crippen molar-refractivity contribution in [2.24, 2.45) is 23.7 Å². The number of ether oxygens (including phenoxy) is 1. The lowest BCUT2D eigenvalue weighted by Gasteiger charge is -2.24. The molecule has 3 aliphatic rings. The van der Waals surface area contributed by atoms with Crippen LogP contribution in [0.4, 0.5) is 0 Å². The molecule has 14 heavy (non-hydrogen) atoms. The molecule has 2 nitrogen and oxygen atoms in total. The van der Waals surface area contributed by atoms with Crippen molar-refractivity contribution >= 4 is 5.97 Å². The van der Waals surface area contributed by atoms with Crippen molar-refractivity contribution in [2.75, 3.05) is 0 Å². The molecule has 0 radical (unpaired) electrons. The van der Waals surface area contributed by atoms with Gasteiger partial charge in [-0.15, -0.1) is 0 Å². The monoisotopic (exact) mass is 194 g/mol. The van der Waals surface area contributed by atoms with Gasteiger partial charge in [-0.3, -0.25) is 4.79 Å². The quantitative estimate of drug-likeness (QED) is 0.645. The molecule has 1 heterocycles. The van der Waals surface area contributed by atoms with Gasteiger partial charge in [-0.05, 0) is 31.1 Å². The third-order valence-electron chi connectivity index (χ3n) is 4.54. The minimum absolute atomic E-state index is 0.112. The Morgan fingerprint density at radius 2 is 2.29 bits per heavy atom. The van der Waals surface area contributed by atoms with Gasteiger partial charge in [0.05, 0.1) is 5.92 Å². The number of carbonyl (C=O) groups excluding carboxylic acids is 1. The molecule has 2 bridgehead atoms. The van der Waals surface area contributed by atoms with Crippen LogP contribution in [0.15, 0.2) is 0 Å². The van der Waals surface area contributed by atoms with E-state index in [0.29, 0.717) is 23.9 Å². The fourth-order valence-corrected chi connectivity index (χ4v) is 3.92. The lowest BCUT2D eigenvalue weighted by molar-refractivity contribution is -0.144. The molecular weight excluding hydrogens is 176 g/mol. The van der Waals surface area contributed by atoms with E-state index in [1.54, 1.807) is 0 Å². The van der Waals surface area contributed by atoms with Crippen LogP contribution < -0.4 is 0 Å². The maximum Gasteiger partial charge on any atom is 0.309 e. The molecule has 0 aromatic rings. The van der Waals surface area contributed by atoms with Crippen molar-refractivity contribution in [3.05, 3.63) is 0 Å². The van der Waals surface area contributed by atoms with Gasteiger partial charge < -0.3 is 4.74 Å². The largest absolute Gasteiger partial charge is 0.462 e. The molecule has 3 fully saturated rings. The van der Waals surface area contributed by atoms with Crippen LogP contribution in [0.1, 0.15) is 39.0 Å². The first-order chi connectivity index (χ1) is 6.81. The highest BCUT2D eigenvalue weighted by atomic mass is 16.6. The SMILES string of the molecule is CCCCC1C2CC3C(=O)OC1C3C2. The second-order valence-corrected chi connectivity index (χ2v) is 5.21. The first kappa shape index (κ1) is 8.75. The molecule has 2 heteroatoms. The Morgan fingerprint density at radius 3 is 3.07 bits per heavy atom. The fraction of sp³-hybridized carbons (Fsp3) is 0.917. The van der Waals surface area contributed by atoms with Crippen molar-refractivity contribution in [2.45, 2.75) is 45.1 Å². The van der Waals surface area contributed by atoms with Crippen molar-refractivity contribution in [1.29, 1.82) is 0 Å². The van der Waals surface area contributed by atoms with E-state index in [-0.39, 0.29) is 5.97 Å². The van der Waals surface area contributed by atoms with Gasteiger partial charge in [-0.25, -0.2) is 0 Å². The average Bonchev–Trinajstić information content (AvgIpc) is 2.76. The predicted molar refractivity (Wildman–Crippen MR) is 52.6 cm³/mol. The fourth-order valence-electron chi connectivity index (χ4n) is 3.92. The van der Waals surface area contributed by atoms with E-state index in [0.717, 1.165) is 12.3 Å². The Balaban J connectivity index is 1.75. The van der Waals surface area contributed by atoms with Crippen LogP contribution in [0, 0.1) is 23.7 Å².